The standard InChI is InChI=1S/C23H27N5O/c29-23(22-18-28(26-25-22)21-11-14-24-15-12-21)27(17-20-9-5-2-6-10-20)16-13-19-7-3-1-4-8-19/h1-10,18,21,24H,11-17H2. The minimum atomic E-state index is -0.0648. The molecule has 0 unspecified atom stereocenters. The largest absolute Gasteiger partial charge is 0.333 e. The first kappa shape index (κ1) is 19.3. The molecule has 0 atom stereocenters. The molecule has 0 spiro atoms. The third-order valence-corrected chi connectivity index (χ3v) is 5.43. The predicted molar refractivity (Wildman–Crippen MR) is 112 cm³/mol. The number of aromatic nitrogens is 3. The summed E-state index contributed by atoms with van der Waals surface area (Å²) >= 11 is 0. The van der Waals surface area contributed by atoms with E-state index in [0.29, 0.717) is 24.8 Å². The Morgan fingerprint density at radius 3 is 2.34 bits per heavy atom. The third kappa shape index (κ3) is 5.09. The predicted octanol–water partition coefficient (Wildman–Crippen LogP) is 3.09. The van der Waals surface area contributed by atoms with E-state index in [1.807, 2.05) is 52.2 Å². The quantitative estimate of drug-likeness (QED) is 0.675. The van der Waals surface area contributed by atoms with Gasteiger partial charge in [0.2, 0.25) is 0 Å². The van der Waals surface area contributed by atoms with Crippen LogP contribution >= 0.6 is 0 Å². The van der Waals surface area contributed by atoms with Crippen LogP contribution in [0.2, 0.25) is 0 Å². The van der Waals surface area contributed by atoms with Gasteiger partial charge in [-0.3, -0.25) is 4.79 Å². The van der Waals surface area contributed by atoms with Crippen molar-refractivity contribution in [2.75, 3.05) is 19.6 Å². The fraction of sp³-hybridized carbons (Fsp3) is 0.348. The Morgan fingerprint density at radius 1 is 1.00 bits per heavy atom. The van der Waals surface area contributed by atoms with Gasteiger partial charge in [0, 0.05) is 13.1 Å². The van der Waals surface area contributed by atoms with Gasteiger partial charge < -0.3 is 10.2 Å². The van der Waals surface area contributed by atoms with E-state index in [2.05, 4.69) is 39.9 Å². The molecule has 2 aromatic carbocycles. The number of amides is 1. The fourth-order valence-electron chi connectivity index (χ4n) is 3.75. The van der Waals surface area contributed by atoms with Crippen molar-refractivity contribution >= 4 is 5.91 Å². The summed E-state index contributed by atoms with van der Waals surface area (Å²) in [5.74, 6) is -0.0648. The van der Waals surface area contributed by atoms with Gasteiger partial charge in [-0.1, -0.05) is 65.9 Å². The lowest BCUT2D eigenvalue weighted by Crippen LogP contribution is -2.33. The zero-order chi connectivity index (χ0) is 19.9. The average molecular weight is 390 g/mol. The molecule has 4 rings (SSSR count). The van der Waals surface area contributed by atoms with Crippen molar-refractivity contribution in [2.24, 2.45) is 0 Å². The van der Waals surface area contributed by atoms with Crippen LogP contribution in [0, 0.1) is 0 Å². The van der Waals surface area contributed by atoms with Gasteiger partial charge >= 0.3 is 0 Å². The maximum atomic E-state index is 13.3. The number of hydrogen-bond acceptors (Lipinski definition) is 4. The molecule has 1 amide bonds. The molecule has 1 saturated heterocycles. The van der Waals surface area contributed by atoms with Gasteiger partial charge in [-0.25, -0.2) is 4.68 Å². The van der Waals surface area contributed by atoms with E-state index < -0.39 is 0 Å². The molecule has 0 radical (unpaired) electrons. The van der Waals surface area contributed by atoms with Crippen LogP contribution in [0.1, 0.15) is 40.5 Å². The van der Waals surface area contributed by atoms with E-state index in [-0.39, 0.29) is 5.91 Å². The Labute approximate surface area is 171 Å². The van der Waals surface area contributed by atoms with Gasteiger partial charge in [0.15, 0.2) is 5.69 Å². The molecule has 1 fully saturated rings. The highest BCUT2D eigenvalue weighted by atomic mass is 16.2. The Balaban J connectivity index is 1.49. The maximum Gasteiger partial charge on any atom is 0.276 e. The first-order chi connectivity index (χ1) is 14.3. The number of carbonyl (C=O) groups is 1. The summed E-state index contributed by atoms with van der Waals surface area (Å²) in [7, 11) is 0. The van der Waals surface area contributed by atoms with Gasteiger partial charge in [0.1, 0.15) is 0 Å². The van der Waals surface area contributed by atoms with Gasteiger partial charge in [-0.2, -0.15) is 0 Å². The molecule has 1 aliphatic heterocycles. The Kier molecular flexibility index (Phi) is 6.32. The van der Waals surface area contributed by atoms with Crippen molar-refractivity contribution in [3.63, 3.8) is 0 Å². The van der Waals surface area contributed by atoms with Gasteiger partial charge in [-0.05, 0) is 43.5 Å². The monoisotopic (exact) mass is 389 g/mol. The highest BCUT2D eigenvalue weighted by Crippen LogP contribution is 2.18. The molecule has 1 aliphatic rings. The summed E-state index contributed by atoms with van der Waals surface area (Å²) in [5.41, 5.74) is 2.75. The number of nitrogens with zero attached hydrogens (tertiary/aromatic N) is 4. The summed E-state index contributed by atoms with van der Waals surface area (Å²) < 4.78 is 1.87. The van der Waals surface area contributed by atoms with Gasteiger partial charge in [0.25, 0.3) is 5.91 Å². The molecule has 1 N–H and O–H groups in total. The lowest BCUT2D eigenvalue weighted by Gasteiger charge is -2.23. The van der Waals surface area contributed by atoms with E-state index in [0.717, 1.165) is 37.9 Å². The van der Waals surface area contributed by atoms with Crippen molar-refractivity contribution in [2.45, 2.75) is 31.8 Å². The van der Waals surface area contributed by atoms with Crippen LogP contribution in [0.3, 0.4) is 0 Å². The normalized spacial score (nSPS) is 14.6. The molecular weight excluding hydrogens is 362 g/mol. The zero-order valence-electron chi connectivity index (χ0n) is 16.6. The average Bonchev–Trinajstić information content (AvgIpc) is 3.28. The van der Waals surface area contributed by atoms with E-state index in [1.54, 1.807) is 0 Å². The van der Waals surface area contributed by atoms with Crippen LogP contribution in [-0.2, 0) is 13.0 Å². The van der Waals surface area contributed by atoms with Crippen molar-refractivity contribution in [1.29, 1.82) is 0 Å². The van der Waals surface area contributed by atoms with Crippen LogP contribution in [-0.4, -0.2) is 45.4 Å². The van der Waals surface area contributed by atoms with Crippen molar-refractivity contribution in [1.82, 2.24) is 25.2 Å². The summed E-state index contributed by atoms with van der Waals surface area (Å²) in [6, 6.07) is 20.7. The maximum absolute atomic E-state index is 13.3. The molecular formula is C23H27N5O. The highest BCUT2D eigenvalue weighted by Gasteiger charge is 2.22. The summed E-state index contributed by atoms with van der Waals surface area (Å²) in [5, 5.41) is 11.8. The minimum absolute atomic E-state index is 0.0648. The Bertz CT molecular complexity index is 903. The number of rotatable bonds is 7. The summed E-state index contributed by atoms with van der Waals surface area (Å²) in [4.78, 5) is 15.1. The van der Waals surface area contributed by atoms with E-state index in [9.17, 15) is 4.79 Å². The van der Waals surface area contributed by atoms with Crippen molar-refractivity contribution < 1.29 is 4.79 Å². The van der Waals surface area contributed by atoms with Crippen LogP contribution in [0.15, 0.2) is 66.9 Å². The number of nitrogens with one attached hydrogen (secondary N) is 1. The van der Waals surface area contributed by atoms with Crippen LogP contribution in [0.4, 0.5) is 0 Å². The molecule has 29 heavy (non-hydrogen) atoms. The second-order valence-corrected chi connectivity index (χ2v) is 7.51. The van der Waals surface area contributed by atoms with Crippen LogP contribution in [0.5, 0.6) is 0 Å². The Hall–Kier alpha value is -2.99. The number of piperidine rings is 1. The van der Waals surface area contributed by atoms with Gasteiger partial charge in [-0.15, -0.1) is 5.10 Å². The minimum Gasteiger partial charge on any atom is -0.333 e. The molecule has 3 aromatic rings. The molecule has 150 valence electrons. The summed E-state index contributed by atoms with van der Waals surface area (Å²) in [6.07, 6.45) is 4.65. The molecule has 6 nitrogen and oxygen atoms in total. The second kappa shape index (κ2) is 9.47. The SMILES string of the molecule is O=C(c1cn(C2CCNCC2)nn1)N(CCc1ccccc1)Cc1ccccc1. The van der Waals surface area contributed by atoms with E-state index in [1.165, 1.54) is 5.56 Å². The number of carbonyl (C=O) groups excluding carboxylic acids is 1. The topological polar surface area (TPSA) is 63.1 Å². The molecule has 0 saturated carbocycles. The van der Waals surface area contributed by atoms with Crippen LogP contribution in [0.25, 0.3) is 0 Å². The van der Waals surface area contributed by atoms with Crippen molar-refractivity contribution in [3.05, 3.63) is 83.7 Å². The van der Waals surface area contributed by atoms with E-state index in [4.69, 9.17) is 0 Å². The zero-order valence-corrected chi connectivity index (χ0v) is 16.6. The highest BCUT2D eigenvalue weighted by molar-refractivity contribution is 5.91. The van der Waals surface area contributed by atoms with Crippen LogP contribution < -0.4 is 5.32 Å². The smallest absolute Gasteiger partial charge is 0.276 e. The Morgan fingerprint density at radius 2 is 1.66 bits per heavy atom. The van der Waals surface area contributed by atoms with Crippen molar-refractivity contribution in [3.8, 4) is 0 Å². The lowest BCUT2D eigenvalue weighted by molar-refractivity contribution is 0.0739. The molecule has 0 bridgehead atoms. The van der Waals surface area contributed by atoms with Gasteiger partial charge in [0.05, 0.1) is 12.2 Å². The number of benzene rings is 2. The molecule has 2 heterocycles. The lowest BCUT2D eigenvalue weighted by atomic mass is 10.1. The number of hydrogen-bond donors (Lipinski definition) is 1. The fourth-order valence-corrected chi connectivity index (χ4v) is 3.75. The summed E-state index contributed by atoms with van der Waals surface area (Å²) in [6.45, 7) is 3.15. The first-order valence-corrected chi connectivity index (χ1v) is 10.3. The molecule has 1 aromatic heterocycles. The van der Waals surface area contributed by atoms with E-state index >= 15 is 0 Å². The first-order valence-electron chi connectivity index (χ1n) is 10.3. The second-order valence-electron chi connectivity index (χ2n) is 7.51. The molecule has 6 heteroatoms. The molecule has 0 aliphatic carbocycles. The third-order valence-electron chi connectivity index (χ3n) is 5.43.